The maximum Gasteiger partial charge on any atom is 0.257 e. The van der Waals surface area contributed by atoms with Crippen LogP contribution in [0.15, 0.2) is 30.6 Å². The third kappa shape index (κ3) is 4.64. The maximum absolute atomic E-state index is 12.9. The molecular formula is C19H26N4O4. The maximum atomic E-state index is 12.9. The Hall–Kier alpha value is -2.45. The number of rotatable bonds is 6. The van der Waals surface area contributed by atoms with Crippen LogP contribution in [0.4, 0.5) is 0 Å². The number of carbonyl (C=O) groups is 2. The van der Waals surface area contributed by atoms with Crippen molar-refractivity contribution in [1.82, 2.24) is 19.8 Å². The number of hydrogen-bond donors (Lipinski definition) is 2. The van der Waals surface area contributed by atoms with Crippen molar-refractivity contribution < 1.29 is 19.4 Å². The Bertz CT molecular complexity index is 806. The molecule has 1 saturated heterocycles. The van der Waals surface area contributed by atoms with Crippen molar-refractivity contribution in [2.75, 3.05) is 33.4 Å². The highest BCUT2D eigenvalue weighted by Gasteiger charge is 2.32. The first-order valence-corrected chi connectivity index (χ1v) is 9.22. The number of hydrogen-bond acceptors (Lipinski definition) is 5. The fourth-order valence-electron chi connectivity index (χ4n) is 3.37. The molecule has 0 saturated carbocycles. The van der Waals surface area contributed by atoms with Gasteiger partial charge in [0.05, 0.1) is 29.5 Å². The summed E-state index contributed by atoms with van der Waals surface area (Å²) in [6.45, 7) is 1.55. The second-order valence-corrected chi connectivity index (χ2v) is 6.98. The van der Waals surface area contributed by atoms with Crippen LogP contribution in [0.25, 0.3) is 5.52 Å². The molecule has 0 aromatic carbocycles. The monoisotopic (exact) mass is 374 g/mol. The number of likely N-dealkylation sites (tertiary alicyclic amines) is 1. The van der Waals surface area contributed by atoms with Crippen LogP contribution in [0, 0.1) is 0 Å². The molecule has 0 radical (unpaired) electrons. The Morgan fingerprint density at radius 3 is 3.00 bits per heavy atom. The molecule has 3 heterocycles. The van der Waals surface area contributed by atoms with Crippen molar-refractivity contribution in [1.29, 1.82) is 0 Å². The number of nitrogens with zero attached hydrogens (tertiary/aromatic N) is 3. The number of amides is 2. The third-order valence-corrected chi connectivity index (χ3v) is 5.01. The highest BCUT2D eigenvalue weighted by atomic mass is 16.5. The molecule has 2 amide bonds. The second kappa shape index (κ2) is 8.49. The van der Waals surface area contributed by atoms with Crippen molar-refractivity contribution >= 4 is 17.3 Å². The highest BCUT2D eigenvalue weighted by Crippen LogP contribution is 2.23. The first-order chi connectivity index (χ1) is 13.0. The van der Waals surface area contributed by atoms with E-state index in [1.807, 2.05) is 18.2 Å². The lowest BCUT2D eigenvalue weighted by Crippen LogP contribution is -2.44. The number of methoxy groups -OCH3 is 1. The summed E-state index contributed by atoms with van der Waals surface area (Å²) in [6, 6.07) is 5.60. The summed E-state index contributed by atoms with van der Waals surface area (Å²) >= 11 is 0. The molecule has 1 aliphatic heterocycles. The molecule has 8 nitrogen and oxygen atoms in total. The molecule has 0 aliphatic carbocycles. The minimum atomic E-state index is -1.00. The molecule has 27 heavy (non-hydrogen) atoms. The van der Waals surface area contributed by atoms with Gasteiger partial charge in [-0.05, 0) is 31.4 Å². The van der Waals surface area contributed by atoms with Gasteiger partial charge in [-0.2, -0.15) is 5.10 Å². The Balaban J connectivity index is 1.60. The van der Waals surface area contributed by atoms with Gasteiger partial charge in [0.15, 0.2) is 0 Å². The van der Waals surface area contributed by atoms with E-state index in [2.05, 4.69) is 10.4 Å². The molecule has 8 heteroatoms. The summed E-state index contributed by atoms with van der Waals surface area (Å²) in [5.74, 6) is -0.224. The molecule has 1 fully saturated rings. The van der Waals surface area contributed by atoms with Crippen LogP contribution in [-0.2, 0) is 9.53 Å². The molecule has 2 aromatic heterocycles. The first-order valence-electron chi connectivity index (χ1n) is 9.22. The lowest BCUT2D eigenvalue weighted by atomic mass is 9.95. The van der Waals surface area contributed by atoms with E-state index in [1.54, 1.807) is 28.9 Å². The minimum Gasteiger partial charge on any atom is -0.388 e. The van der Waals surface area contributed by atoms with Crippen LogP contribution in [0.3, 0.4) is 0 Å². The van der Waals surface area contributed by atoms with E-state index in [0.717, 1.165) is 5.52 Å². The van der Waals surface area contributed by atoms with Crippen LogP contribution in [0.1, 0.15) is 36.0 Å². The minimum absolute atomic E-state index is 0.0791. The first kappa shape index (κ1) is 19.3. The van der Waals surface area contributed by atoms with Crippen LogP contribution in [-0.4, -0.2) is 70.4 Å². The number of carbonyl (C=O) groups excluding carboxylic acids is 2. The van der Waals surface area contributed by atoms with E-state index in [0.29, 0.717) is 44.5 Å². The summed E-state index contributed by atoms with van der Waals surface area (Å²) in [7, 11) is 1.54. The molecule has 1 aliphatic rings. The van der Waals surface area contributed by atoms with Crippen molar-refractivity contribution in [3.8, 4) is 0 Å². The summed E-state index contributed by atoms with van der Waals surface area (Å²) in [5.41, 5.74) is 0.333. The largest absolute Gasteiger partial charge is 0.388 e. The van der Waals surface area contributed by atoms with Crippen molar-refractivity contribution in [2.45, 2.75) is 31.3 Å². The Morgan fingerprint density at radius 1 is 1.33 bits per heavy atom. The summed E-state index contributed by atoms with van der Waals surface area (Å²) in [5, 5.41) is 17.8. The number of aromatic nitrogens is 2. The predicted octanol–water partition coefficient (Wildman–Crippen LogP) is 0.844. The van der Waals surface area contributed by atoms with E-state index < -0.39 is 5.60 Å². The average Bonchev–Trinajstić information content (AvgIpc) is 3.01. The number of ether oxygens (including phenoxy) is 1. The third-order valence-electron chi connectivity index (χ3n) is 5.01. The standard InChI is InChI=1S/C19H26N4O4/c1-27-12-6-17(24)20-14-19(26)7-4-9-22(11-8-19)18(25)15-13-21-23-10-3-2-5-16(15)23/h2-3,5,10,13,26H,4,6-9,11-12,14H2,1H3,(H,20,24)/t19-/m1/s1. The lowest BCUT2D eigenvalue weighted by molar-refractivity contribution is -0.123. The van der Waals surface area contributed by atoms with Gasteiger partial charge in [0, 0.05) is 39.4 Å². The van der Waals surface area contributed by atoms with Gasteiger partial charge in [-0.1, -0.05) is 6.07 Å². The Kier molecular flexibility index (Phi) is 6.08. The fourth-order valence-corrected chi connectivity index (χ4v) is 3.37. The smallest absolute Gasteiger partial charge is 0.257 e. The van der Waals surface area contributed by atoms with Crippen LogP contribution in [0.2, 0.25) is 0 Å². The number of fused-ring (bicyclic) bond motifs is 1. The van der Waals surface area contributed by atoms with E-state index in [4.69, 9.17) is 4.74 Å². The zero-order valence-corrected chi connectivity index (χ0v) is 15.6. The molecule has 146 valence electrons. The van der Waals surface area contributed by atoms with Crippen LogP contribution >= 0.6 is 0 Å². The highest BCUT2D eigenvalue weighted by molar-refractivity contribution is 6.00. The molecule has 3 rings (SSSR count). The van der Waals surface area contributed by atoms with E-state index in [-0.39, 0.29) is 24.8 Å². The topological polar surface area (TPSA) is 96.2 Å². The van der Waals surface area contributed by atoms with Gasteiger partial charge < -0.3 is 20.1 Å². The van der Waals surface area contributed by atoms with Gasteiger partial charge in [-0.15, -0.1) is 0 Å². The Labute approximate surface area is 158 Å². The molecule has 1 atom stereocenters. The van der Waals surface area contributed by atoms with E-state index in [9.17, 15) is 14.7 Å². The SMILES string of the molecule is COCCC(=O)NC[C@@]1(O)CCCN(C(=O)c2cnn3ccccc23)CC1. The van der Waals surface area contributed by atoms with Gasteiger partial charge in [-0.3, -0.25) is 9.59 Å². The molecule has 2 aromatic rings. The molecular weight excluding hydrogens is 348 g/mol. The quantitative estimate of drug-likeness (QED) is 0.781. The van der Waals surface area contributed by atoms with E-state index in [1.165, 1.54) is 0 Å². The second-order valence-electron chi connectivity index (χ2n) is 6.98. The molecule has 2 N–H and O–H groups in total. The molecule has 0 bridgehead atoms. The molecule has 0 unspecified atom stereocenters. The fraction of sp³-hybridized carbons (Fsp3) is 0.526. The van der Waals surface area contributed by atoms with Crippen molar-refractivity contribution in [3.05, 3.63) is 36.2 Å². The van der Waals surface area contributed by atoms with Gasteiger partial charge in [0.25, 0.3) is 5.91 Å². The lowest BCUT2D eigenvalue weighted by Gasteiger charge is -2.27. The number of pyridine rings is 1. The zero-order valence-electron chi connectivity index (χ0n) is 15.6. The van der Waals surface area contributed by atoms with Crippen LogP contribution < -0.4 is 5.32 Å². The van der Waals surface area contributed by atoms with E-state index >= 15 is 0 Å². The number of nitrogens with one attached hydrogen (secondary N) is 1. The predicted molar refractivity (Wildman–Crippen MR) is 99.4 cm³/mol. The van der Waals surface area contributed by atoms with Crippen molar-refractivity contribution in [3.63, 3.8) is 0 Å². The van der Waals surface area contributed by atoms with Gasteiger partial charge in [0.1, 0.15) is 0 Å². The summed E-state index contributed by atoms with van der Waals surface area (Å²) in [4.78, 5) is 26.4. The normalized spacial score (nSPS) is 20.4. The Morgan fingerprint density at radius 2 is 2.19 bits per heavy atom. The number of aliphatic hydroxyl groups is 1. The summed E-state index contributed by atoms with van der Waals surface area (Å²) in [6.07, 6.45) is 5.30. The molecule has 0 spiro atoms. The van der Waals surface area contributed by atoms with Crippen molar-refractivity contribution in [2.24, 2.45) is 0 Å². The van der Waals surface area contributed by atoms with Gasteiger partial charge >= 0.3 is 0 Å². The zero-order chi connectivity index (χ0) is 19.3. The summed E-state index contributed by atoms with van der Waals surface area (Å²) < 4.78 is 6.56. The van der Waals surface area contributed by atoms with Gasteiger partial charge in [0.2, 0.25) is 5.91 Å². The van der Waals surface area contributed by atoms with Crippen LogP contribution in [0.5, 0.6) is 0 Å². The average molecular weight is 374 g/mol. The van der Waals surface area contributed by atoms with Gasteiger partial charge in [-0.25, -0.2) is 4.52 Å².